The summed E-state index contributed by atoms with van der Waals surface area (Å²) in [4.78, 5) is 42.2. The lowest BCUT2D eigenvalue weighted by molar-refractivity contribution is -0.0544. The number of aliphatic hydroxyl groups is 2. The van der Waals surface area contributed by atoms with Crippen LogP contribution in [0.15, 0.2) is 20.3 Å². The maximum atomic E-state index is 11.7. The highest BCUT2D eigenvalue weighted by molar-refractivity contribution is 9.10. The number of ether oxygens (including phenoxy) is 1. The Kier molecular flexibility index (Phi) is 5.04. The lowest BCUT2D eigenvalue weighted by Crippen LogP contribution is -2.38. The third-order valence-electron chi connectivity index (χ3n) is 2.94. The normalized spacial score (nSPS) is 29.0. The highest BCUT2D eigenvalue weighted by Gasteiger charge is 2.45. The number of H-pyrrole nitrogens is 1. The standard InChI is InChI=1S/C9H12BrN2O9P/c10-3-1-12(9(16)11-7(3)15)8-6(14)5(13)4(21-8)2-20-22(17,18)19/h1,4-6,8,13-14H,2H2,(H,11,15,16)(H2,17,18,19)/t4-,5?,6?,8-/m0/s1. The Labute approximate surface area is 130 Å². The van der Waals surface area contributed by atoms with Crippen LogP contribution in [0.3, 0.4) is 0 Å². The molecular weight excluding hydrogens is 391 g/mol. The second kappa shape index (κ2) is 6.34. The number of rotatable bonds is 4. The molecule has 4 atom stereocenters. The van der Waals surface area contributed by atoms with E-state index in [2.05, 4.69) is 20.5 Å². The van der Waals surface area contributed by atoms with Crippen LogP contribution in [0.4, 0.5) is 0 Å². The lowest BCUT2D eigenvalue weighted by atomic mass is 10.1. The summed E-state index contributed by atoms with van der Waals surface area (Å²) in [6, 6.07) is 0. The molecule has 2 rings (SSSR count). The van der Waals surface area contributed by atoms with E-state index in [4.69, 9.17) is 14.5 Å². The van der Waals surface area contributed by atoms with E-state index >= 15 is 0 Å². The van der Waals surface area contributed by atoms with Crippen LogP contribution in [-0.4, -0.2) is 54.5 Å². The molecule has 22 heavy (non-hydrogen) atoms. The maximum Gasteiger partial charge on any atom is 0.469 e. The molecule has 0 bridgehead atoms. The third-order valence-corrected chi connectivity index (χ3v) is 3.99. The van der Waals surface area contributed by atoms with Crippen molar-refractivity contribution < 1.29 is 33.8 Å². The number of aliphatic hydroxyl groups excluding tert-OH is 2. The average Bonchev–Trinajstić information content (AvgIpc) is 2.68. The predicted molar refractivity (Wildman–Crippen MR) is 72.9 cm³/mol. The van der Waals surface area contributed by atoms with Gasteiger partial charge in [-0.25, -0.2) is 9.36 Å². The minimum atomic E-state index is -4.78. The fourth-order valence-corrected chi connectivity index (χ4v) is 2.58. The van der Waals surface area contributed by atoms with E-state index in [-0.39, 0.29) is 4.47 Å². The van der Waals surface area contributed by atoms with Crippen molar-refractivity contribution in [2.24, 2.45) is 0 Å². The quantitative estimate of drug-likeness (QED) is 0.358. The Morgan fingerprint density at radius 2 is 2.00 bits per heavy atom. The Morgan fingerprint density at radius 3 is 2.59 bits per heavy atom. The molecule has 0 aromatic carbocycles. The summed E-state index contributed by atoms with van der Waals surface area (Å²) >= 11 is 2.90. The largest absolute Gasteiger partial charge is 0.469 e. The molecule has 1 aliphatic heterocycles. The molecule has 11 nitrogen and oxygen atoms in total. The zero-order valence-electron chi connectivity index (χ0n) is 10.7. The maximum absolute atomic E-state index is 11.7. The van der Waals surface area contributed by atoms with Crippen LogP contribution in [0.1, 0.15) is 6.23 Å². The van der Waals surface area contributed by atoms with Crippen molar-refractivity contribution in [1.82, 2.24) is 9.55 Å². The van der Waals surface area contributed by atoms with Crippen LogP contribution >= 0.6 is 23.8 Å². The monoisotopic (exact) mass is 402 g/mol. The van der Waals surface area contributed by atoms with E-state index in [9.17, 15) is 24.4 Å². The molecule has 0 spiro atoms. The van der Waals surface area contributed by atoms with Crippen LogP contribution in [0.25, 0.3) is 0 Å². The van der Waals surface area contributed by atoms with E-state index in [1.807, 2.05) is 4.98 Å². The Hall–Kier alpha value is -0.850. The second-order valence-electron chi connectivity index (χ2n) is 4.48. The number of hydrogen-bond acceptors (Lipinski definition) is 7. The fraction of sp³-hybridized carbons (Fsp3) is 0.556. The van der Waals surface area contributed by atoms with Gasteiger partial charge in [-0.05, 0) is 15.9 Å². The van der Waals surface area contributed by atoms with Crippen molar-refractivity contribution in [3.63, 3.8) is 0 Å². The summed E-state index contributed by atoms with van der Waals surface area (Å²) < 4.78 is 20.9. The number of phosphoric ester groups is 1. The van der Waals surface area contributed by atoms with E-state index in [0.717, 1.165) is 10.8 Å². The minimum Gasteiger partial charge on any atom is -0.387 e. The molecule has 2 unspecified atom stereocenters. The number of aromatic amines is 1. The molecule has 2 heterocycles. The average molecular weight is 403 g/mol. The summed E-state index contributed by atoms with van der Waals surface area (Å²) in [5.41, 5.74) is -1.57. The Morgan fingerprint density at radius 1 is 1.36 bits per heavy atom. The molecule has 0 amide bonds. The number of nitrogens with one attached hydrogen (secondary N) is 1. The van der Waals surface area contributed by atoms with Gasteiger partial charge in [0.25, 0.3) is 5.56 Å². The van der Waals surface area contributed by atoms with Crippen LogP contribution < -0.4 is 11.2 Å². The van der Waals surface area contributed by atoms with Crippen molar-refractivity contribution in [3.05, 3.63) is 31.5 Å². The highest BCUT2D eigenvalue weighted by Crippen LogP contribution is 2.38. The molecule has 0 aliphatic carbocycles. The van der Waals surface area contributed by atoms with Gasteiger partial charge in [0.05, 0.1) is 11.1 Å². The molecule has 1 aliphatic rings. The van der Waals surface area contributed by atoms with Gasteiger partial charge < -0.3 is 24.7 Å². The minimum absolute atomic E-state index is 0.00712. The third kappa shape index (κ3) is 3.73. The molecule has 1 saturated heterocycles. The van der Waals surface area contributed by atoms with Gasteiger partial charge in [-0.2, -0.15) is 0 Å². The molecule has 13 heteroatoms. The number of hydrogen-bond donors (Lipinski definition) is 5. The summed E-state index contributed by atoms with van der Waals surface area (Å²) in [7, 11) is -4.78. The van der Waals surface area contributed by atoms with Crippen molar-refractivity contribution in [3.8, 4) is 0 Å². The number of nitrogens with zero attached hydrogens (tertiary/aromatic N) is 1. The van der Waals surface area contributed by atoms with Crippen molar-refractivity contribution in [2.45, 2.75) is 24.5 Å². The number of aromatic nitrogens is 2. The van der Waals surface area contributed by atoms with Gasteiger partial charge in [-0.3, -0.25) is 18.9 Å². The molecule has 0 radical (unpaired) electrons. The molecular formula is C9H12BrN2O9P. The highest BCUT2D eigenvalue weighted by atomic mass is 79.9. The van der Waals surface area contributed by atoms with Gasteiger partial charge in [0, 0.05) is 6.20 Å². The van der Waals surface area contributed by atoms with Crippen LogP contribution in [0.2, 0.25) is 0 Å². The van der Waals surface area contributed by atoms with Gasteiger partial charge in [-0.15, -0.1) is 0 Å². The number of halogens is 1. The lowest BCUT2D eigenvalue weighted by Gasteiger charge is -2.17. The van der Waals surface area contributed by atoms with Gasteiger partial charge in [0.2, 0.25) is 0 Å². The Bertz CT molecular complexity index is 712. The van der Waals surface area contributed by atoms with Gasteiger partial charge in [-0.1, -0.05) is 0 Å². The summed E-state index contributed by atoms with van der Waals surface area (Å²) in [5, 5.41) is 19.7. The zero-order chi connectivity index (χ0) is 16.7. The van der Waals surface area contributed by atoms with Crippen molar-refractivity contribution in [1.29, 1.82) is 0 Å². The van der Waals surface area contributed by atoms with Crippen molar-refractivity contribution in [2.75, 3.05) is 6.61 Å². The van der Waals surface area contributed by atoms with E-state index in [1.54, 1.807) is 0 Å². The molecule has 5 N–H and O–H groups in total. The zero-order valence-corrected chi connectivity index (χ0v) is 13.2. The first-order valence-electron chi connectivity index (χ1n) is 5.83. The molecule has 0 saturated carbocycles. The van der Waals surface area contributed by atoms with E-state index in [0.29, 0.717) is 0 Å². The van der Waals surface area contributed by atoms with Gasteiger partial charge in [0.15, 0.2) is 6.23 Å². The van der Waals surface area contributed by atoms with E-state index < -0.39 is 50.2 Å². The summed E-state index contributed by atoms with van der Waals surface area (Å²) in [6.07, 6.45) is -4.69. The van der Waals surface area contributed by atoms with Crippen molar-refractivity contribution >= 4 is 23.8 Å². The molecule has 1 aromatic rings. The van der Waals surface area contributed by atoms with Gasteiger partial charge in [0.1, 0.15) is 18.3 Å². The molecule has 124 valence electrons. The smallest absolute Gasteiger partial charge is 0.387 e. The summed E-state index contributed by atoms with van der Waals surface area (Å²) in [6.45, 7) is -0.696. The van der Waals surface area contributed by atoms with Crippen LogP contribution in [0, 0.1) is 0 Å². The first-order valence-corrected chi connectivity index (χ1v) is 8.15. The van der Waals surface area contributed by atoms with Crippen LogP contribution in [0.5, 0.6) is 0 Å². The SMILES string of the molecule is O=c1[nH]c(=O)n([C@H]2O[C@@H](COP(=O)(O)O)C(O)C2O)cc1Br. The van der Waals surface area contributed by atoms with Gasteiger partial charge >= 0.3 is 13.5 Å². The topological polar surface area (TPSA) is 171 Å². The van der Waals surface area contributed by atoms with Crippen LogP contribution in [-0.2, 0) is 13.8 Å². The first-order chi connectivity index (χ1) is 10.1. The molecule has 1 aromatic heterocycles. The van der Waals surface area contributed by atoms with E-state index in [1.165, 1.54) is 0 Å². The first kappa shape index (κ1) is 17.5. The molecule has 1 fully saturated rings. The number of phosphoric acid groups is 1. The second-order valence-corrected chi connectivity index (χ2v) is 6.57. The Balaban J connectivity index is 2.23. The predicted octanol–water partition coefficient (Wildman–Crippen LogP) is -1.97. The summed E-state index contributed by atoms with van der Waals surface area (Å²) in [5.74, 6) is 0. The fourth-order valence-electron chi connectivity index (χ4n) is 1.92.